The van der Waals surface area contributed by atoms with Crippen molar-refractivity contribution in [3.05, 3.63) is 89.6 Å². The molecule has 1 heterocycles. The fourth-order valence-corrected chi connectivity index (χ4v) is 3.40. The van der Waals surface area contributed by atoms with Crippen molar-refractivity contribution < 1.29 is 14.4 Å². The maximum Gasteiger partial charge on any atom is 0.240 e. The summed E-state index contributed by atoms with van der Waals surface area (Å²) < 4.78 is 0. The van der Waals surface area contributed by atoms with Crippen LogP contribution in [0.2, 0.25) is 0 Å². The Kier molecular flexibility index (Phi) is 8.91. The van der Waals surface area contributed by atoms with Gasteiger partial charge < -0.3 is 15.5 Å². The Morgan fingerprint density at radius 3 is 2.29 bits per heavy atom. The summed E-state index contributed by atoms with van der Waals surface area (Å²) in [6.45, 7) is 4.21. The van der Waals surface area contributed by atoms with Gasteiger partial charge in [-0.15, -0.1) is 0 Å². The molecule has 7 heteroatoms. The van der Waals surface area contributed by atoms with E-state index in [1.54, 1.807) is 12.3 Å². The molecule has 0 radical (unpaired) electrons. The minimum atomic E-state index is -0.304. The van der Waals surface area contributed by atoms with Gasteiger partial charge in [-0.2, -0.15) is 0 Å². The molecular weight excluding hydrogens is 428 g/mol. The number of benzene rings is 2. The lowest BCUT2D eigenvalue weighted by Crippen LogP contribution is -2.41. The number of carbonyl (C=O) groups is 3. The van der Waals surface area contributed by atoms with Gasteiger partial charge in [-0.25, -0.2) is 4.98 Å². The smallest absolute Gasteiger partial charge is 0.240 e. The summed E-state index contributed by atoms with van der Waals surface area (Å²) in [7, 11) is 0. The number of aromatic nitrogens is 1. The predicted molar refractivity (Wildman–Crippen MR) is 133 cm³/mol. The third kappa shape index (κ3) is 7.55. The van der Waals surface area contributed by atoms with E-state index in [-0.39, 0.29) is 37.1 Å². The largest absolute Gasteiger partial charge is 0.350 e. The second-order valence-electron chi connectivity index (χ2n) is 8.03. The highest BCUT2D eigenvalue weighted by Gasteiger charge is 2.20. The molecule has 0 unspecified atom stereocenters. The Balaban J connectivity index is 1.63. The number of amides is 3. The van der Waals surface area contributed by atoms with Crippen molar-refractivity contribution in [2.24, 2.45) is 0 Å². The van der Waals surface area contributed by atoms with Crippen LogP contribution in [0.5, 0.6) is 0 Å². The van der Waals surface area contributed by atoms with Gasteiger partial charge in [-0.3, -0.25) is 14.4 Å². The monoisotopic (exact) mass is 458 g/mol. The highest BCUT2D eigenvalue weighted by Crippen LogP contribution is 2.18. The SMILES string of the molecule is CCc1ccc(N(CC(=O)NCc2ccccc2)C(=O)CCC(=O)Nc2cc(C)ccn2)cc1. The van der Waals surface area contributed by atoms with E-state index in [9.17, 15) is 14.4 Å². The van der Waals surface area contributed by atoms with E-state index in [0.29, 0.717) is 18.1 Å². The maximum atomic E-state index is 13.1. The minimum Gasteiger partial charge on any atom is -0.350 e. The van der Waals surface area contributed by atoms with Crippen molar-refractivity contribution in [3.8, 4) is 0 Å². The molecule has 0 aliphatic rings. The summed E-state index contributed by atoms with van der Waals surface area (Å²) in [6.07, 6.45) is 2.45. The zero-order valence-electron chi connectivity index (χ0n) is 19.6. The molecule has 0 aliphatic carbocycles. The summed E-state index contributed by atoms with van der Waals surface area (Å²) in [4.78, 5) is 43.6. The van der Waals surface area contributed by atoms with Crippen LogP contribution in [0, 0.1) is 6.92 Å². The summed E-state index contributed by atoms with van der Waals surface area (Å²) in [6, 6.07) is 20.7. The Morgan fingerprint density at radius 2 is 1.62 bits per heavy atom. The van der Waals surface area contributed by atoms with Gasteiger partial charge in [-0.1, -0.05) is 49.4 Å². The molecule has 3 aromatic rings. The van der Waals surface area contributed by atoms with Crippen LogP contribution in [-0.4, -0.2) is 29.3 Å². The zero-order valence-corrected chi connectivity index (χ0v) is 19.6. The Bertz CT molecular complexity index is 1110. The number of rotatable bonds is 10. The van der Waals surface area contributed by atoms with Gasteiger partial charge in [0.2, 0.25) is 17.7 Å². The number of aryl methyl sites for hydroxylation is 2. The minimum absolute atomic E-state index is 0.0103. The first-order valence-electron chi connectivity index (χ1n) is 11.4. The van der Waals surface area contributed by atoms with Crippen LogP contribution in [0.3, 0.4) is 0 Å². The predicted octanol–water partition coefficient (Wildman–Crippen LogP) is 4.02. The average Bonchev–Trinajstić information content (AvgIpc) is 2.85. The van der Waals surface area contributed by atoms with E-state index in [4.69, 9.17) is 0 Å². The van der Waals surface area contributed by atoms with Crippen LogP contribution in [0.4, 0.5) is 11.5 Å². The second kappa shape index (κ2) is 12.3. The van der Waals surface area contributed by atoms with Crippen LogP contribution in [0.15, 0.2) is 72.9 Å². The average molecular weight is 459 g/mol. The van der Waals surface area contributed by atoms with E-state index in [1.807, 2.05) is 67.6 Å². The lowest BCUT2D eigenvalue weighted by Gasteiger charge is -2.23. The van der Waals surface area contributed by atoms with E-state index >= 15 is 0 Å². The normalized spacial score (nSPS) is 10.4. The number of hydrogen-bond donors (Lipinski definition) is 2. The number of anilines is 2. The summed E-state index contributed by atoms with van der Waals surface area (Å²) in [5.41, 5.74) is 3.71. The molecule has 1 aromatic heterocycles. The van der Waals surface area contributed by atoms with Crippen LogP contribution >= 0.6 is 0 Å². The Hall–Kier alpha value is -4.00. The number of carbonyl (C=O) groups excluding carboxylic acids is 3. The fraction of sp³-hybridized carbons (Fsp3) is 0.259. The van der Waals surface area contributed by atoms with Crippen LogP contribution < -0.4 is 15.5 Å². The van der Waals surface area contributed by atoms with Crippen molar-refractivity contribution in [2.75, 3.05) is 16.8 Å². The first-order chi connectivity index (χ1) is 16.4. The summed E-state index contributed by atoms with van der Waals surface area (Å²) in [5, 5.41) is 5.57. The molecule has 0 bridgehead atoms. The van der Waals surface area contributed by atoms with E-state index in [0.717, 1.165) is 23.1 Å². The third-order valence-corrected chi connectivity index (χ3v) is 5.34. The van der Waals surface area contributed by atoms with Crippen molar-refractivity contribution in [3.63, 3.8) is 0 Å². The van der Waals surface area contributed by atoms with Crippen molar-refractivity contribution in [2.45, 2.75) is 39.7 Å². The molecule has 176 valence electrons. The molecule has 2 aromatic carbocycles. The highest BCUT2D eigenvalue weighted by atomic mass is 16.2. The molecule has 34 heavy (non-hydrogen) atoms. The highest BCUT2D eigenvalue weighted by molar-refractivity contribution is 6.01. The van der Waals surface area contributed by atoms with Gasteiger partial charge >= 0.3 is 0 Å². The summed E-state index contributed by atoms with van der Waals surface area (Å²) in [5.74, 6) is -0.428. The topological polar surface area (TPSA) is 91.4 Å². The number of nitrogens with one attached hydrogen (secondary N) is 2. The number of hydrogen-bond acceptors (Lipinski definition) is 4. The van der Waals surface area contributed by atoms with Crippen molar-refractivity contribution >= 4 is 29.2 Å². The molecule has 2 N–H and O–H groups in total. The quantitative estimate of drug-likeness (QED) is 0.480. The zero-order chi connectivity index (χ0) is 24.3. The molecular formula is C27H30N4O3. The van der Waals surface area contributed by atoms with Crippen LogP contribution in [0.25, 0.3) is 0 Å². The van der Waals surface area contributed by atoms with Gasteiger partial charge in [0.1, 0.15) is 12.4 Å². The molecule has 3 rings (SSSR count). The van der Waals surface area contributed by atoms with E-state index < -0.39 is 0 Å². The molecule has 0 spiro atoms. The number of pyridine rings is 1. The summed E-state index contributed by atoms with van der Waals surface area (Å²) >= 11 is 0. The van der Waals surface area contributed by atoms with E-state index in [1.165, 1.54) is 4.90 Å². The fourth-order valence-electron chi connectivity index (χ4n) is 3.40. The first kappa shape index (κ1) is 24.6. The van der Waals surface area contributed by atoms with Gasteiger partial charge in [-0.05, 0) is 54.3 Å². The molecule has 3 amide bonds. The van der Waals surface area contributed by atoms with Gasteiger partial charge in [0.15, 0.2) is 0 Å². The van der Waals surface area contributed by atoms with Gasteiger partial charge in [0.25, 0.3) is 0 Å². The standard InChI is InChI=1S/C27H30N4O3/c1-3-21-9-11-23(12-10-21)31(19-26(33)29-18-22-7-5-4-6-8-22)27(34)14-13-25(32)30-24-17-20(2)15-16-28-24/h4-12,15-17H,3,13-14,18-19H2,1-2H3,(H,29,33)(H,28,30,32). The van der Waals surface area contributed by atoms with Crippen molar-refractivity contribution in [1.29, 1.82) is 0 Å². The molecule has 0 fully saturated rings. The van der Waals surface area contributed by atoms with Crippen molar-refractivity contribution in [1.82, 2.24) is 10.3 Å². The van der Waals surface area contributed by atoms with Gasteiger partial charge in [0, 0.05) is 31.3 Å². The third-order valence-electron chi connectivity index (χ3n) is 5.34. The van der Waals surface area contributed by atoms with Gasteiger partial charge in [0.05, 0.1) is 0 Å². The molecule has 0 atom stereocenters. The Labute approximate surface area is 200 Å². The maximum absolute atomic E-state index is 13.1. The second-order valence-corrected chi connectivity index (χ2v) is 8.03. The first-order valence-corrected chi connectivity index (χ1v) is 11.4. The van der Waals surface area contributed by atoms with Crippen LogP contribution in [0.1, 0.15) is 36.5 Å². The molecule has 0 saturated carbocycles. The lowest BCUT2D eigenvalue weighted by molar-refractivity contribution is -0.125. The van der Waals surface area contributed by atoms with Crippen LogP contribution in [-0.2, 0) is 27.3 Å². The molecule has 0 saturated heterocycles. The van der Waals surface area contributed by atoms with E-state index in [2.05, 4.69) is 22.5 Å². The molecule has 7 nitrogen and oxygen atoms in total. The Morgan fingerprint density at radius 1 is 0.882 bits per heavy atom. The lowest BCUT2D eigenvalue weighted by atomic mass is 10.1. The number of nitrogens with zero attached hydrogens (tertiary/aromatic N) is 2. The molecule has 0 aliphatic heterocycles.